The fraction of sp³-hybridized carbons (Fsp3) is 0.368. The van der Waals surface area contributed by atoms with Gasteiger partial charge < -0.3 is 0 Å². The lowest BCUT2D eigenvalue weighted by Gasteiger charge is -2.25. The number of carbonyl (C=O) groups is 1. The topological polar surface area (TPSA) is 72.8 Å². The molecule has 1 fully saturated rings. The lowest BCUT2D eigenvalue weighted by atomic mass is 9.79. The zero-order chi connectivity index (χ0) is 17.9. The number of oxime groups is 1. The van der Waals surface area contributed by atoms with E-state index in [1.165, 1.54) is 24.6 Å². The molecular formula is C19H21NO4S. The monoisotopic (exact) mass is 359 g/mol. The molecule has 2 aliphatic carbocycles. The molecule has 0 spiro atoms. The molecule has 1 aromatic rings. The van der Waals surface area contributed by atoms with Gasteiger partial charge in [0, 0.05) is 5.57 Å². The Bertz CT molecular complexity index is 845. The van der Waals surface area contributed by atoms with Gasteiger partial charge in [-0.05, 0) is 55.5 Å². The lowest BCUT2D eigenvalue weighted by Crippen LogP contribution is -2.20. The number of hydrogen-bond acceptors (Lipinski definition) is 5. The van der Waals surface area contributed by atoms with E-state index in [2.05, 4.69) is 5.16 Å². The van der Waals surface area contributed by atoms with Crippen LogP contribution in [0, 0.1) is 5.92 Å². The normalized spacial score (nSPS) is 21.0. The van der Waals surface area contributed by atoms with Gasteiger partial charge in [0.1, 0.15) is 10.6 Å². The fourth-order valence-corrected chi connectivity index (χ4v) is 3.99. The van der Waals surface area contributed by atoms with Crippen LogP contribution in [0.4, 0.5) is 0 Å². The Labute approximate surface area is 148 Å². The van der Waals surface area contributed by atoms with Gasteiger partial charge in [0.15, 0.2) is 5.78 Å². The number of benzene rings is 1. The number of hydrogen-bond donors (Lipinski definition) is 0. The summed E-state index contributed by atoms with van der Waals surface area (Å²) in [6.07, 6.45) is 8.61. The van der Waals surface area contributed by atoms with Crippen LogP contribution in [0.25, 0.3) is 0 Å². The van der Waals surface area contributed by atoms with E-state index in [0.29, 0.717) is 16.9 Å². The molecule has 1 aromatic carbocycles. The highest BCUT2D eigenvalue weighted by molar-refractivity contribution is 7.86. The molecule has 0 bridgehead atoms. The van der Waals surface area contributed by atoms with E-state index in [1.54, 1.807) is 31.2 Å². The maximum atomic E-state index is 12.3. The summed E-state index contributed by atoms with van der Waals surface area (Å²) in [5, 5.41) is 3.82. The lowest BCUT2D eigenvalue weighted by molar-refractivity contribution is -0.112. The zero-order valence-corrected chi connectivity index (χ0v) is 15.0. The van der Waals surface area contributed by atoms with E-state index < -0.39 is 10.1 Å². The van der Waals surface area contributed by atoms with Gasteiger partial charge in [0.05, 0.1) is 0 Å². The molecule has 0 aliphatic heterocycles. The summed E-state index contributed by atoms with van der Waals surface area (Å²) < 4.78 is 29.2. The molecule has 0 saturated heterocycles. The second-order valence-electron chi connectivity index (χ2n) is 6.44. The molecule has 0 heterocycles. The molecular weight excluding hydrogens is 338 g/mol. The SMILES string of the molecule is CC1=CC(=O)C(C2CCCCC2)=CC1=NOS(=O)(=O)c1ccccc1. The van der Waals surface area contributed by atoms with Crippen molar-refractivity contribution in [1.82, 2.24) is 0 Å². The molecule has 25 heavy (non-hydrogen) atoms. The second-order valence-corrected chi connectivity index (χ2v) is 7.97. The summed E-state index contributed by atoms with van der Waals surface area (Å²) in [4.78, 5) is 12.4. The Morgan fingerprint density at radius 2 is 1.72 bits per heavy atom. The van der Waals surface area contributed by atoms with E-state index in [1.807, 2.05) is 0 Å². The first kappa shape index (κ1) is 17.6. The predicted molar refractivity (Wildman–Crippen MR) is 95.6 cm³/mol. The van der Waals surface area contributed by atoms with Crippen LogP contribution >= 0.6 is 0 Å². The Kier molecular flexibility index (Phi) is 5.18. The van der Waals surface area contributed by atoms with Crippen molar-refractivity contribution in [3.63, 3.8) is 0 Å². The van der Waals surface area contributed by atoms with Crippen molar-refractivity contribution in [3.8, 4) is 0 Å². The molecule has 2 aliphatic rings. The molecule has 0 amide bonds. The highest BCUT2D eigenvalue weighted by Crippen LogP contribution is 2.32. The maximum Gasteiger partial charge on any atom is 0.358 e. The summed E-state index contributed by atoms with van der Waals surface area (Å²) in [7, 11) is -3.97. The van der Waals surface area contributed by atoms with Crippen LogP contribution in [0.2, 0.25) is 0 Å². The minimum absolute atomic E-state index is 0.00531. The summed E-state index contributed by atoms with van der Waals surface area (Å²) in [6, 6.07) is 7.87. The van der Waals surface area contributed by atoms with Crippen LogP contribution in [-0.2, 0) is 19.2 Å². The summed E-state index contributed by atoms with van der Waals surface area (Å²) in [6.45, 7) is 1.73. The number of ketones is 1. The highest BCUT2D eigenvalue weighted by Gasteiger charge is 2.26. The summed E-state index contributed by atoms with van der Waals surface area (Å²) in [5.41, 5.74) is 1.71. The Morgan fingerprint density at radius 1 is 1.04 bits per heavy atom. The van der Waals surface area contributed by atoms with Gasteiger partial charge in [-0.15, -0.1) is 0 Å². The molecule has 0 unspecified atom stereocenters. The predicted octanol–water partition coefficient (Wildman–Crippen LogP) is 3.78. The van der Waals surface area contributed by atoms with Crippen LogP contribution in [0.3, 0.4) is 0 Å². The van der Waals surface area contributed by atoms with Gasteiger partial charge in [0.25, 0.3) is 0 Å². The van der Waals surface area contributed by atoms with Gasteiger partial charge >= 0.3 is 10.1 Å². The van der Waals surface area contributed by atoms with Gasteiger partial charge in [-0.3, -0.25) is 9.08 Å². The average molecular weight is 359 g/mol. The third-order valence-electron chi connectivity index (χ3n) is 4.64. The van der Waals surface area contributed by atoms with Crippen LogP contribution < -0.4 is 0 Å². The Balaban J connectivity index is 1.84. The van der Waals surface area contributed by atoms with Crippen LogP contribution in [0.1, 0.15) is 39.0 Å². The molecule has 0 atom stereocenters. The smallest absolute Gasteiger partial charge is 0.290 e. The molecule has 5 nitrogen and oxygen atoms in total. The summed E-state index contributed by atoms with van der Waals surface area (Å²) >= 11 is 0. The largest absolute Gasteiger partial charge is 0.358 e. The third kappa shape index (κ3) is 4.07. The number of carbonyl (C=O) groups excluding carboxylic acids is 1. The Hall–Kier alpha value is -2.21. The van der Waals surface area contributed by atoms with E-state index >= 15 is 0 Å². The van der Waals surface area contributed by atoms with Crippen LogP contribution in [0.15, 0.2) is 63.7 Å². The molecule has 132 valence electrons. The van der Waals surface area contributed by atoms with Crippen LogP contribution in [-0.4, -0.2) is 19.9 Å². The van der Waals surface area contributed by atoms with E-state index in [4.69, 9.17) is 4.28 Å². The number of allylic oxidation sites excluding steroid dienone is 4. The van der Waals surface area contributed by atoms with E-state index in [0.717, 1.165) is 25.7 Å². The molecule has 0 aromatic heterocycles. The first-order valence-electron chi connectivity index (χ1n) is 8.48. The number of nitrogens with zero attached hydrogens (tertiary/aromatic N) is 1. The molecule has 1 saturated carbocycles. The molecule has 6 heteroatoms. The summed E-state index contributed by atoms with van der Waals surface area (Å²) in [5.74, 6) is 0.218. The quantitative estimate of drug-likeness (QED) is 0.606. The first-order valence-corrected chi connectivity index (χ1v) is 9.89. The minimum atomic E-state index is -3.97. The van der Waals surface area contributed by atoms with Gasteiger partial charge in [-0.2, -0.15) is 8.42 Å². The highest BCUT2D eigenvalue weighted by atomic mass is 32.2. The maximum absolute atomic E-state index is 12.3. The fourth-order valence-electron chi connectivity index (χ4n) is 3.24. The van der Waals surface area contributed by atoms with Crippen molar-refractivity contribution in [3.05, 3.63) is 53.6 Å². The van der Waals surface area contributed by atoms with Crippen molar-refractivity contribution < 1.29 is 17.5 Å². The second kappa shape index (κ2) is 7.35. The Morgan fingerprint density at radius 3 is 2.40 bits per heavy atom. The molecule has 3 rings (SSSR count). The van der Waals surface area contributed by atoms with Crippen molar-refractivity contribution >= 4 is 21.6 Å². The average Bonchev–Trinajstić information content (AvgIpc) is 2.62. The van der Waals surface area contributed by atoms with Gasteiger partial charge in [0.2, 0.25) is 0 Å². The first-order chi connectivity index (χ1) is 12.0. The molecule has 0 N–H and O–H groups in total. The van der Waals surface area contributed by atoms with Crippen molar-refractivity contribution in [2.75, 3.05) is 0 Å². The van der Waals surface area contributed by atoms with Gasteiger partial charge in [-0.1, -0.05) is 42.6 Å². The van der Waals surface area contributed by atoms with Crippen molar-refractivity contribution in [2.24, 2.45) is 11.1 Å². The van der Waals surface area contributed by atoms with E-state index in [-0.39, 0.29) is 16.6 Å². The third-order valence-corrected chi connectivity index (χ3v) is 5.76. The van der Waals surface area contributed by atoms with Gasteiger partial charge in [-0.25, -0.2) is 0 Å². The van der Waals surface area contributed by atoms with Crippen molar-refractivity contribution in [2.45, 2.75) is 43.9 Å². The minimum Gasteiger partial charge on any atom is -0.290 e. The standard InChI is InChI=1S/C19H21NO4S/c1-14-12-19(21)17(15-8-4-2-5-9-15)13-18(14)20-24-25(22,23)16-10-6-3-7-11-16/h3,6-7,10-13,15H,2,4-5,8-9H2,1H3. The molecule has 0 radical (unpaired) electrons. The van der Waals surface area contributed by atoms with Crippen LogP contribution in [0.5, 0.6) is 0 Å². The van der Waals surface area contributed by atoms with E-state index in [9.17, 15) is 13.2 Å². The number of rotatable bonds is 4. The van der Waals surface area contributed by atoms with Crippen molar-refractivity contribution in [1.29, 1.82) is 0 Å². The zero-order valence-electron chi connectivity index (χ0n) is 14.1.